The summed E-state index contributed by atoms with van der Waals surface area (Å²) in [6.45, 7) is 5.03. The van der Waals surface area contributed by atoms with Crippen LogP contribution in [0, 0.1) is 0 Å². The summed E-state index contributed by atoms with van der Waals surface area (Å²) < 4.78 is 4.86. The molecule has 1 rings (SSSR count). The van der Waals surface area contributed by atoms with Crippen LogP contribution in [0.4, 0.5) is 0 Å². The van der Waals surface area contributed by atoms with E-state index in [1.807, 2.05) is 13.8 Å². The summed E-state index contributed by atoms with van der Waals surface area (Å²) in [7, 11) is 0. The van der Waals surface area contributed by atoms with Gasteiger partial charge in [-0.2, -0.15) is 0 Å². The van der Waals surface area contributed by atoms with Gasteiger partial charge in [-0.15, -0.1) is 0 Å². The molecule has 0 radical (unpaired) electrons. The third-order valence-electron chi connectivity index (χ3n) is 1.74. The summed E-state index contributed by atoms with van der Waals surface area (Å²) in [5.74, 6) is -0.171. The van der Waals surface area contributed by atoms with Gasteiger partial charge < -0.3 is 10.1 Å². The molecule has 3 heteroatoms. The van der Waals surface area contributed by atoms with E-state index in [-0.39, 0.29) is 5.97 Å². The van der Waals surface area contributed by atoms with E-state index in [0.717, 1.165) is 24.2 Å². The van der Waals surface area contributed by atoms with Gasteiger partial charge in [0, 0.05) is 12.2 Å². The third kappa shape index (κ3) is 1.73. The van der Waals surface area contributed by atoms with E-state index < -0.39 is 0 Å². The molecule has 1 heterocycles. The topological polar surface area (TPSA) is 38.3 Å². The van der Waals surface area contributed by atoms with Crippen LogP contribution in [0.25, 0.3) is 0 Å². The van der Waals surface area contributed by atoms with E-state index in [4.69, 9.17) is 4.74 Å². The SMILES string of the molecule is CCOC(=O)C1=C(C)NCC1. The highest BCUT2D eigenvalue weighted by atomic mass is 16.5. The van der Waals surface area contributed by atoms with Crippen molar-refractivity contribution in [2.24, 2.45) is 0 Å². The summed E-state index contributed by atoms with van der Waals surface area (Å²) in [6, 6.07) is 0. The molecule has 0 spiro atoms. The summed E-state index contributed by atoms with van der Waals surface area (Å²) in [5.41, 5.74) is 1.76. The number of hydrogen-bond acceptors (Lipinski definition) is 3. The molecule has 0 fully saturated rings. The van der Waals surface area contributed by atoms with Crippen LogP contribution < -0.4 is 5.32 Å². The molecule has 62 valence electrons. The summed E-state index contributed by atoms with van der Waals surface area (Å²) in [6.07, 6.45) is 0.796. The van der Waals surface area contributed by atoms with E-state index in [2.05, 4.69) is 5.32 Å². The molecule has 0 saturated heterocycles. The second kappa shape index (κ2) is 3.42. The lowest BCUT2D eigenvalue weighted by Crippen LogP contribution is -2.08. The molecule has 0 aliphatic carbocycles. The van der Waals surface area contributed by atoms with Crippen LogP contribution in [-0.4, -0.2) is 19.1 Å². The lowest BCUT2D eigenvalue weighted by atomic mass is 10.2. The molecule has 0 atom stereocenters. The number of carbonyl (C=O) groups is 1. The van der Waals surface area contributed by atoms with Crippen molar-refractivity contribution in [1.82, 2.24) is 5.32 Å². The molecule has 11 heavy (non-hydrogen) atoms. The van der Waals surface area contributed by atoms with Gasteiger partial charge in [0.1, 0.15) is 0 Å². The zero-order valence-electron chi connectivity index (χ0n) is 6.94. The highest BCUT2D eigenvalue weighted by Crippen LogP contribution is 2.13. The van der Waals surface area contributed by atoms with Crippen molar-refractivity contribution in [3.8, 4) is 0 Å². The maximum Gasteiger partial charge on any atom is 0.335 e. The Bertz CT molecular complexity index is 196. The molecule has 0 aromatic heterocycles. The van der Waals surface area contributed by atoms with Gasteiger partial charge in [-0.1, -0.05) is 0 Å². The Morgan fingerprint density at radius 2 is 2.45 bits per heavy atom. The Kier molecular flexibility index (Phi) is 2.52. The van der Waals surface area contributed by atoms with Crippen LogP contribution in [0.15, 0.2) is 11.3 Å². The summed E-state index contributed by atoms with van der Waals surface area (Å²) in [5, 5.41) is 3.09. The Hall–Kier alpha value is -0.990. The van der Waals surface area contributed by atoms with E-state index in [0.29, 0.717) is 6.61 Å². The minimum atomic E-state index is -0.171. The first-order valence-electron chi connectivity index (χ1n) is 3.86. The lowest BCUT2D eigenvalue weighted by molar-refractivity contribution is -0.138. The van der Waals surface area contributed by atoms with Gasteiger partial charge >= 0.3 is 5.97 Å². The number of carbonyl (C=O) groups excluding carboxylic acids is 1. The Morgan fingerprint density at radius 3 is 2.91 bits per heavy atom. The maximum atomic E-state index is 11.1. The van der Waals surface area contributed by atoms with Crippen molar-refractivity contribution in [3.63, 3.8) is 0 Å². The van der Waals surface area contributed by atoms with Crippen LogP contribution in [0.5, 0.6) is 0 Å². The number of allylic oxidation sites excluding steroid dienone is 1. The normalized spacial score (nSPS) is 16.5. The van der Waals surface area contributed by atoms with E-state index in [1.165, 1.54) is 0 Å². The third-order valence-corrected chi connectivity index (χ3v) is 1.74. The van der Waals surface area contributed by atoms with Crippen LogP contribution in [-0.2, 0) is 9.53 Å². The predicted molar refractivity (Wildman–Crippen MR) is 42.0 cm³/mol. The van der Waals surface area contributed by atoms with Gasteiger partial charge in [0.25, 0.3) is 0 Å². The summed E-state index contributed by atoms with van der Waals surface area (Å²) in [4.78, 5) is 11.1. The van der Waals surface area contributed by atoms with E-state index in [1.54, 1.807) is 0 Å². The largest absolute Gasteiger partial charge is 0.463 e. The minimum Gasteiger partial charge on any atom is -0.463 e. The standard InChI is InChI=1S/C8H13NO2/c1-3-11-8(10)7-4-5-9-6(7)2/h9H,3-5H2,1-2H3. The summed E-state index contributed by atoms with van der Waals surface area (Å²) >= 11 is 0. The zero-order valence-corrected chi connectivity index (χ0v) is 6.94. The number of ether oxygens (including phenoxy) is 1. The predicted octanol–water partition coefficient (Wildman–Crippen LogP) is 0.817. The van der Waals surface area contributed by atoms with Crippen LogP contribution in [0.2, 0.25) is 0 Å². The molecule has 1 aliphatic rings. The van der Waals surface area contributed by atoms with Gasteiger partial charge in [-0.05, 0) is 20.3 Å². The molecule has 1 N–H and O–H groups in total. The quantitative estimate of drug-likeness (QED) is 0.600. The average Bonchev–Trinajstić information content (AvgIpc) is 2.36. The molecular formula is C8H13NO2. The van der Waals surface area contributed by atoms with Crippen molar-refractivity contribution in [2.75, 3.05) is 13.2 Å². The number of nitrogens with one attached hydrogen (secondary N) is 1. The zero-order chi connectivity index (χ0) is 8.27. The minimum absolute atomic E-state index is 0.171. The van der Waals surface area contributed by atoms with Gasteiger partial charge in [0.05, 0.1) is 12.2 Å². The first kappa shape index (κ1) is 8.11. The van der Waals surface area contributed by atoms with Crippen molar-refractivity contribution in [2.45, 2.75) is 20.3 Å². The maximum absolute atomic E-state index is 11.1. The molecular weight excluding hydrogens is 142 g/mol. The Balaban J connectivity index is 2.59. The molecule has 0 aromatic carbocycles. The van der Waals surface area contributed by atoms with Gasteiger partial charge in [0.15, 0.2) is 0 Å². The first-order chi connectivity index (χ1) is 5.25. The molecule has 0 unspecified atom stereocenters. The highest BCUT2D eigenvalue weighted by Gasteiger charge is 2.17. The lowest BCUT2D eigenvalue weighted by Gasteiger charge is -2.01. The smallest absolute Gasteiger partial charge is 0.335 e. The Morgan fingerprint density at radius 1 is 1.73 bits per heavy atom. The molecule has 0 amide bonds. The number of esters is 1. The fourth-order valence-electron chi connectivity index (χ4n) is 1.14. The molecule has 0 aromatic rings. The first-order valence-corrected chi connectivity index (χ1v) is 3.86. The second-order valence-corrected chi connectivity index (χ2v) is 2.50. The second-order valence-electron chi connectivity index (χ2n) is 2.50. The fraction of sp³-hybridized carbons (Fsp3) is 0.625. The molecule has 1 aliphatic heterocycles. The van der Waals surface area contributed by atoms with Crippen LogP contribution in [0.1, 0.15) is 20.3 Å². The number of hydrogen-bond donors (Lipinski definition) is 1. The van der Waals surface area contributed by atoms with Gasteiger partial charge in [-0.25, -0.2) is 4.79 Å². The molecule has 0 bridgehead atoms. The monoisotopic (exact) mass is 155 g/mol. The molecule has 3 nitrogen and oxygen atoms in total. The molecule has 0 saturated carbocycles. The Labute approximate surface area is 66.4 Å². The van der Waals surface area contributed by atoms with Crippen LogP contribution >= 0.6 is 0 Å². The average molecular weight is 155 g/mol. The fourth-order valence-corrected chi connectivity index (χ4v) is 1.14. The van der Waals surface area contributed by atoms with E-state index in [9.17, 15) is 4.79 Å². The van der Waals surface area contributed by atoms with Gasteiger partial charge in [-0.3, -0.25) is 0 Å². The van der Waals surface area contributed by atoms with Crippen LogP contribution in [0.3, 0.4) is 0 Å². The number of rotatable bonds is 2. The van der Waals surface area contributed by atoms with Crippen molar-refractivity contribution in [3.05, 3.63) is 11.3 Å². The van der Waals surface area contributed by atoms with Crippen molar-refractivity contribution < 1.29 is 9.53 Å². The van der Waals surface area contributed by atoms with Crippen molar-refractivity contribution in [1.29, 1.82) is 0 Å². The van der Waals surface area contributed by atoms with E-state index >= 15 is 0 Å². The van der Waals surface area contributed by atoms with Crippen molar-refractivity contribution >= 4 is 5.97 Å². The highest BCUT2D eigenvalue weighted by molar-refractivity contribution is 5.89. The van der Waals surface area contributed by atoms with Gasteiger partial charge in [0.2, 0.25) is 0 Å².